The Hall–Kier alpha value is -2.16. The number of aromatic nitrogens is 1. The molecule has 0 saturated heterocycles. The number of nitrogens with zero attached hydrogens (tertiary/aromatic N) is 2. The number of hydrogen-bond acceptors (Lipinski definition) is 5. The Morgan fingerprint density at radius 2 is 2.05 bits per heavy atom. The van der Waals surface area contributed by atoms with Gasteiger partial charge >= 0.3 is 0 Å². The molecule has 3 rings (SSSR count). The van der Waals surface area contributed by atoms with E-state index < -0.39 is 0 Å². The molecular weight excluding hydrogens is 300 g/mol. The van der Waals surface area contributed by atoms with Gasteiger partial charge in [0.25, 0.3) is 0 Å². The van der Waals surface area contributed by atoms with Crippen LogP contribution in [-0.2, 0) is 0 Å². The van der Waals surface area contributed by atoms with Crippen LogP contribution < -0.4 is 0 Å². The highest BCUT2D eigenvalue weighted by molar-refractivity contribution is 7.19. The smallest absolute Gasteiger partial charge is 0.127 e. The molecule has 0 saturated carbocycles. The van der Waals surface area contributed by atoms with E-state index >= 15 is 0 Å². The van der Waals surface area contributed by atoms with Gasteiger partial charge in [-0.2, -0.15) is 5.26 Å². The van der Waals surface area contributed by atoms with Crippen molar-refractivity contribution < 1.29 is 5.11 Å². The molecule has 0 fully saturated rings. The van der Waals surface area contributed by atoms with Crippen molar-refractivity contribution in [3.63, 3.8) is 0 Å². The third-order valence-electron chi connectivity index (χ3n) is 3.17. The van der Waals surface area contributed by atoms with Gasteiger partial charge in [0.1, 0.15) is 16.8 Å². The van der Waals surface area contributed by atoms with Crippen molar-refractivity contribution in [2.45, 2.75) is 13.8 Å². The fourth-order valence-electron chi connectivity index (χ4n) is 2.28. The van der Waals surface area contributed by atoms with Gasteiger partial charge in [-0.05, 0) is 37.4 Å². The second-order valence-electron chi connectivity index (χ2n) is 4.79. The molecule has 2 aromatic heterocycles. The molecule has 0 spiro atoms. The normalized spacial score (nSPS) is 10.7. The maximum Gasteiger partial charge on any atom is 0.127 e. The first kappa shape index (κ1) is 13.8. The predicted octanol–water partition coefficient (Wildman–Crippen LogP) is 5.04. The molecule has 104 valence electrons. The quantitative estimate of drug-likeness (QED) is 0.674. The van der Waals surface area contributed by atoms with E-state index in [0.29, 0.717) is 10.4 Å². The van der Waals surface area contributed by atoms with Gasteiger partial charge in [0, 0.05) is 10.4 Å². The zero-order chi connectivity index (χ0) is 15.1. The summed E-state index contributed by atoms with van der Waals surface area (Å²) >= 11 is 3.02. The Morgan fingerprint density at radius 1 is 1.29 bits per heavy atom. The molecule has 21 heavy (non-hydrogen) atoms. The summed E-state index contributed by atoms with van der Waals surface area (Å²) in [6.07, 6.45) is 0. The van der Waals surface area contributed by atoms with Gasteiger partial charge < -0.3 is 5.11 Å². The van der Waals surface area contributed by atoms with Crippen molar-refractivity contribution >= 4 is 38.5 Å². The molecular formula is C16H12N2OS2. The van der Waals surface area contributed by atoms with Gasteiger partial charge in [-0.15, -0.1) is 22.7 Å². The summed E-state index contributed by atoms with van der Waals surface area (Å²) in [4.78, 5) is 6.35. The number of fused-ring (bicyclic) bond motifs is 1. The first-order chi connectivity index (χ1) is 9.99. The summed E-state index contributed by atoms with van der Waals surface area (Å²) in [5.41, 5.74) is 2.32. The molecule has 0 unspecified atom stereocenters. The number of thiophene rings is 1. The molecule has 5 heteroatoms. The number of nitriles is 1. The Bertz CT molecular complexity index is 912. The zero-order valence-corrected chi connectivity index (χ0v) is 13.2. The predicted molar refractivity (Wildman–Crippen MR) is 88.8 cm³/mol. The largest absolute Gasteiger partial charge is 0.507 e. The number of benzene rings is 1. The number of aryl methyl sites for hydroxylation is 2. The monoisotopic (exact) mass is 312 g/mol. The van der Waals surface area contributed by atoms with Crippen LogP contribution in [0.25, 0.3) is 26.4 Å². The van der Waals surface area contributed by atoms with E-state index in [9.17, 15) is 10.4 Å². The Morgan fingerprint density at radius 3 is 2.67 bits per heavy atom. The fourth-order valence-corrected chi connectivity index (χ4v) is 4.16. The van der Waals surface area contributed by atoms with Gasteiger partial charge in [-0.3, -0.25) is 0 Å². The summed E-state index contributed by atoms with van der Waals surface area (Å²) in [6.45, 7) is 7.43. The van der Waals surface area contributed by atoms with E-state index in [1.54, 1.807) is 11.3 Å². The van der Waals surface area contributed by atoms with Crippen LogP contribution in [0, 0.1) is 25.2 Å². The Balaban J connectivity index is 2.23. The maximum absolute atomic E-state index is 9.57. The Kier molecular flexibility index (Phi) is 3.28. The highest BCUT2D eigenvalue weighted by atomic mass is 32.1. The topological polar surface area (TPSA) is 56.9 Å². The van der Waals surface area contributed by atoms with Gasteiger partial charge in [-0.25, -0.2) is 4.98 Å². The van der Waals surface area contributed by atoms with Crippen LogP contribution in [-0.4, -0.2) is 10.1 Å². The van der Waals surface area contributed by atoms with Crippen LogP contribution in [0.4, 0.5) is 0 Å². The third-order valence-corrected chi connectivity index (χ3v) is 5.52. The lowest BCUT2D eigenvalue weighted by Gasteiger charge is -1.99. The minimum absolute atomic E-state index is 0.0317. The summed E-state index contributed by atoms with van der Waals surface area (Å²) < 4.78 is 1.01. The molecule has 0 aliphatic rings. The van der Waals surface area contributed by atoms with Crippen molar-refractivity contribution in [2.24, 2.45) is 0 Å². The molecule has 0 amide bonds. The van der Waals surface area contributed by atoms with Crippen LogP contribution in [0.15, 0.2) is 24.8 Å². The molecule has 1 N–H and O–H groups in total. The number of aliphatic hydroxyl groups is 1. The minimum Gasteiger partial charge on any atom is -0.507 e. The first-order valence-corrected chi connectivity index (χ1v) is 7.93. The standard InChI is InChI=1S/C16H12N2OS2/c1-8-4-11-5-12(6-13(7-17)15(11)20-8)16-18-9(2)14(21-16)10(3)19/h4-6,19H,3H2,1-2H3. The summed E-state index contributed by atoms with van der Waals surface area (Å²) in [7, 11) is 0. The summed E-state index contributed by atoms with van der Waals surface area (Å²) in [6, 6.07) is 8.24. The summed E-state index contributed by atoms with van der Waals surface area (Å²) in [5.74, 6) is 0.0317. The van der Waals surface area contributed by atoms with E-state index in [0.717, 1.165) is 26.4 Å². The van der Waals surface area contributed by atoms with E-state index in [1.165, 1.54) is 16.2 Å². The maximum atomic E-state index is 9.57. The van der Waals surface area contributed by atoms with Crippen LogP contribution in [0.3, 0.4) is 0 Å². The van der Waals surface area contributed by atoms with E-state index in [2.05, 4.69) is 23.7 Å². The Labute approximate surface area is 130 Å². The molecule has 0 aliphatic carbocycles. The lowest BCUT2D eigenvalue weighted by molar-refractivity contribution is 0.515. The molecule has 2 heterocycles. The zero-order valence-electron chi connectivity index (χ0n) is 11.6. The van der Waals surface area contributed by atoms with Crippen LogP contribution in [0.2, 0.25) is 0 Å². The average Bonchev–Trinajstić information content (AvgIpc) is 2.99. The SMILES string of the molecule is C=C(O)c1sc(-c2cc(C#N)c3sc(C)cc3c2)nc1C. The number of thiazole rings is 1. The minimum atomic E-state index is 0.0317. The molecule has 0 atom stereocenters. The molecule has 0 radical (unpaired) electrons. The van der Waals surface area contributed by atoms with Crippen molar-refractivity contribution in [2.75, 3.05) is 0 Å². The van der Waals surface area contributed by atoms with Crippen molar-refractivity contribution in [3.8, 4) is 16.6 Å². The number of hydrogen-bond donors (Lipinski definition) is 1. The highest BCUT2D eigenvalue weighted by Gasteiger charge is 2.14. The molecule has 3 aromatic rings. The van der Waals surface area contributed by atoms with Gasteiger partial charge in [0.05, 0.1) is 20.8 Å². The van der Waals surface area contributed by atoms with Crippen molar-refractivity contribution in [1.29, 1.82) is 5.26 Å². The molecule has 3 nitrogen and oxygen atoms in total. The number of rotatable bonds is 2. The third kappa shape index (κ3) is 2.33. The van der Waals surface area contributed by atoms with E-state index in [1.807, 2.05) is 26.0 Å². The molecule has 0 bridgehead atoms. The first-order valence-electron chi connectivity index (χ1n) is 6.30. The van der Waals surface area contributed by atoms with Gasteiger partial charge in [0.2, 0.25) is 0 Å². The van der Waals surface area contributed by atoms with Crippen LogP contribution in [0.5, 0.6) is 0 Å². The summed E-state index contributed by atoms with van der Waals surface area (Å²) in [5, 5.41) is 20.8. The van der Waals surface area contributed by atoms with Gasteiger partial charge in [-0.1, -0.05) is 6.58 Å². The van der Waals surface area contributed by atoms with E-state index in [4.69, 9.17) is 0 Å². The van der Waals surface area contributed by atoms with Crippen molar-refractivity contribution in [3.05, 3.63) is 45.8 Å². The average molecular weight is 312 g/mol. The lowest BCUT2D eigenvalue weighted by atomic mass is 10.1. The van der Waals surface area contributed by atoms with Crippen LogP contribution in [0.1, 0.15) is 21.0 Å². The fraction of sp³-hybridized carbons (Fsp3) is 0.125. The van der Waals surface area contributed by atoms with Crippen molar-refractivity contribution in [1.82, 2.24) is 4.98 Å². The molecule has 0 aliphatic heterocycles. The van der Waals surface area contributed by atoms with Crippen LogP contribution >= 0.6 is 22.7 Å². The van der Waals surface area contributed by atoms with Gasteiger partial charge in [0.15, 0.2) is 0 Å². The second-order valence-corrected chi connectivity index (χ2v) is 7.05. The second kappa shape index (κ2) is 4.99. The lowest BCUT2D eigenvalue weighted by Crippen LogP contribution is -1.82. The highest BCUT2D eigenvalue weighted by Crippen LogP contribution is 2.36. The van der Waals surface area contributed by atoms with E-state index in [-0.39, 0.29) is 5.76 Å². The number of aliphatic hydroxyl groups excluding tert-OH is 1. The molecule has 1 aromatic carbocycles.